The van der Waals surface area contributed by atoms with Crippen LogP contribution in [0.25, 0.3) is 0 Å². The van der Waals surface area contributed by atoms with Crippen molar-refractivity contribution in [3.05, 3.63) is 0 Å². The molecular weight excluding hydrogens is 204 g/mol. The second kappa shape index (κ2) is 5.64. The van der Waals surface area contributed by atoms with Crippen molar-refractivity contribution in [3.8, 4) is 0 Å². The van der Waals surface area contributed by atoms with E-state index >= 15 is 0 Å². The lowest BCUT2D eigenvalue weighted by atomic mass is 10.1. The minimum absolute atomic E-state index is 0.248. The van der Waals surface area contributed by atoms with Gasteiger partial charge in [-0.3, -0.25) is 4.79 Å². The van der Waals surface area contributed by atoms with Crippen molar-refractivity contribution in [2.45, 2.75) is 44.7 Å². The lowest BCUT2D eigenvalue weighted by molar-refractivity contribution is -0.139. The van der Waals surface area contributed by atoms with Gasteiger partial charge in [-0.25, -0.2) is 0 Å². The summed E-state index contributed by atoms with van der Waals surface area (Å²) in [4.78, 5) is 14.0. The Morgan fingerprint density at radius 1 is 1.56 bits per heavy atom. The number of ether oxygens (including phenoxy) is 1. The number of amides is 1. The minimum atomic E-state index is 0.248. The van der Waals surface area contributed by atoms with Crippen molar-refractivity contribution in [2.24, 2.45) is 0 Å². The first kappa shape index (κ1) is 11.9. The highest BCUT2D eigenvalue weighted by molar-refractivity contribution is 5.76. The molecule has 16 heavy (non-hydrogen) atoms. The Morgan fingerprint density at radius 2 is 2.44 bits per heavy atom. The zero-order valence-electron chi connectivity index (χ0n) is 10.1. The van der Waals surface area contributed by atoms with E-state index in [1.54, 1.807) is 0 Å². The van der Waals surface area contributed by atoms with Crippen molar-refractivity contribution < 1.29 is 9.53 Å². The van der Waals surface area contributed by atoms with Crippen LogP contribution in [0.5, 0.6) is 0 Å². The molecule has 0 aromatic heterocycles. The van der Waals surface area contributed by atoms with Crippen LogP contribution in [-0.4, -0.2) is 49.2 Å². The highest BCUT2D eigenvalue weighted by Crippen LogP contribution is 2.14. The van der Waals surface area contributed by atoms with Gasteiger partial charge in [-0.05, 0) is 32.7 Å². The summed E-state index contributed by atoms with van der Waals surface area (Å²) in [6, 6.07) is 0.818. The number of morpholine rings is 1. The maximum absolute atomic E-state index is 12.0. The monoisotopic (exact) mass is 226 g/mol. The van der Waals surface area contributed by atoms with Crippen molar-refractivity contribution in [1.82, 2.24) is 10.2 Å². The first-order chi connectivity index (χ1) is 7.77. The number of hydrogen-bond acceptors (Lipinski definition) is 3. The van der Waals surface area contributed by atoms with E-state index in [1.807, 2.05) is 4.90 Å². The molecule has 2 aliphatic rings. The molecule has 1 amide bonds. The Bertz CT molecular complexity index is 239. The van der Waals surface area contributed by atoms with Gasteiger partial charge in [0, 0.05) is 19.0 Å². The number of hydrogen-bond donors (Lipinski definition) is 1. The highest BCUT2D eigenvalue weighted by Gasteiger charge is 2.24. The number of carbonyl (C=O) groups excluding carboxylic acids is 1. The second-order valence-corrected chi connectivity index (χ2v) is 4.84. The van der Waals surface area contributed by atoms with Gasteiger partial charge in [0.25, 0.3) is 0 Å². The van der Waals surface area contributed by atoms with Crippen LogP contribution in [0.3, 0.4) is 0 Å². The highest BCUT2D eigenvalue weighted by atomic mass is 16.5. The first-order valence-corrected chi connectivity index (χ1v) is 6.38. The normalized spacial score (nSPS) is 30.7. The molecule has 1 N–H and O–H groups in total. The Balaban J connectivity index is 1.73. The lowest BCUT2D eigenvalue weighted by Gasteiger charge is -2.33. The molecule has 0 radical (unpaired) electrons. The molecule has 4 heteroatoms. The van der Waals surface area contributed by atoms with Crippen LogP contribution < -0.4 is 5.32 Å². The summed E-state index contributed by atoms with van der Waals surface area (Å²) in [6.45, 7) is 5.32. The van der Waals surface area contributed by atoms with Gasteiger partial charge >= 0.3 is 0 Å². The molecule has 2 unspecified atom stereocenters. The molecule has 2 saturated heterocycles. The molecule has 0 saturated carbocycles. The van der Waals surface area contributed by atoms with E-state index in [9.17, 15) is 4.79 Å². The fourth-order valence-corrected chi connectivity index (χ4v) is 2.54. The average Bonchev–Trinajstić information content (AvgIpc) is 2.79. The Morgan fingerprint density at radius 3 is 3.12 bits per heavy atom. The van der Waals surface area contributed by atoms with Crippen molar-refractivity contribution >= 4 is 5.91 Å². The van der Waals surface area contributed by atoms with Crippen LogP contribution in [0, 0.1) is 0 Å². The molecule has 2 atom stereocenters. The SMILES string of the molecule is CC1COCCN1C(=O)CCC1CCCN1. The van der Waals surface area contributed by atoms with E-state index in [0.29, 0.717) is 31.6 Å². The van der Waals surface area contributed by atoms with Gasteiger partial charge in [0.1, 0.15) is 0 Å². The predicted octanol–water partition coefficient (Wildman–Crippen LogP) is 0.766. The number of rotatable bonds is 3. The summed E-state index contributed by atoms with van der Waals surface area (Å²) in [6.07, 6.45) is 4.16. The fourth-order valence-electron chi connectivity index (χ4n) is 2.54. The van der Waals surface area contributed by atoms with Gasteiger partial charge in [0.2, 0.25) is 5.91 Å². The number of nitrogens with one attached hydrogen (secondary N) is 1. The van der Waals surface area contributed by atoms with Crippen LogP contribution in [0.1, 0.15) is 32.6 Å². The van der Waals surface area contributed by atoms with Crippen molar-refractivity contribution in [1.29, 1.82) is 0 Å². The topological polar surface area (TPSA) is 41.6 Å². The molecule has 2 fully saturated rings. The Hall–Kier alpha value is -0.610. The van der Waals surface area contributed by atoms with E-state index < -0.39 is 0 Å². The summed E-state index contributed by atoms with van der Waals surface area (Å²) < 4.78 is 5.33. The molecule has 4 nitrogen and oxygen atoms in total. The molecule has 0 spiro atoms. The van der Waals surface area contributed by atoms with Crippen LogP contribution in [0.4, 0.5) is 0 Å². The summed E-state index contributed by atoms with van der Waals surface area (Å²) >= 11 is 0. The zero-order valence-corrected chi connectivity index (χ0v) is 10.1. The molecular formula is C12H22N2O2. The van der Waals surface area contributed by atoms with Gasteiger partial charge in [0.05, 0.1) is 19.3 Å². The average molecular weight is 226 g/mol. The smallest absolute Gasteiger partial charge is 0.223 e. The summed E-state index contributed by atoms with van der Waals surface area (Å²) in [5.74, 6) is 0.296. The third kappa shape index (κ3) is 2.95. The molecule has 0 aliphatic carbocycles. The quantitative estimate of drug-likeness (QED) is 0.772. The lowest BCUT2D eigenvalue weighted by Crippen LogP contribution is -2.47. The standard InChI is InChI=1S/C12H22N2O2/c1-10-9-16-8-7-14(10)12(15)5-4-11-3-2-6-13-11/h10-11,13H,2-9H2,1H3. The maximum atomic E-state index is 12.0. The van der Waals surface area contributed by atoms with E-state index in [2.05, 4.69) is 12.2 Å². The van der Waals surface area contributed by atoms with E-state index in [-0.39, 0.29) is 6.04 Å². The molecule has 2 aliphatic heterocycles. The molecule has 2 rings (SSSR count). The predicted molar refractivity (Wildman–Crippen MR) is 62.3 cm³/mol. The van der Waals surface area contributed by atoms with E-state index in [4.69, 9.17) is 4.74 Å². The molecule has 2 heterocycles. The van der Waals surface area contributed by atoms with Gasteiger partial charge in [-0.2, -0.15) is 0 Å². The first-order valence-electron chi connectivity index (χ1n) is 6.38. The maximum Gasteiger partial charge on any atom is 0.223 e. The number of nitrogens with zero attached hydrogens (tertiary/aromatic N) is 1. The largest absolute Gasteiger partial charge is 0.377 e. The minimum Gasteiger partial charge on any atom is -0.377 e. The molecule has 0 aromatic carbocycles. The zero-order chi connectivity index (χ0) is 11.4. The Labute approximate surface area is 97.3 Å². The van der Waals surface area contributed by atoms with Gasteiger partial charge < -0.3 is 15.0 Å². The summed E-state index contributed by atoms with van der Waals surface area (Å²) in [5, 5.41) is 3.43. The van der Waals surface area contributed by atoms with E-state index in [1.165, 1.54) is 12.8 Å². The summed E-state index contributed by atoms with van der Waals surface area (Å²) in [5.41, 5.74) is 0. The third-order valence-corrected chi connectivity index (χ3v) is 3.56. The molecule has 0 bridgehead atoms. The van der Waals surface area contributed by atoms with E-state index in [0.717, 1.165) is 19.5 Å². The van der Waals surface area contributed by atoms with Crippen LogP contribution >= 0.6 is 0 Å². The van der Waals surface area contributed by atoms with Gasteiger partial charge in [-0.1, -0.05) is 0 Å². The molecule has 0 aromatic rings. The van der Waals surface area contributed by atoms with Crippen molar-refractivity contribution in [2.75, 3.05) is 26.3 Å². The van der Waals surface area contributed by atoms with Crippen molar-refractivity contribution in [3.63, 3.8) is 0 Å². The molecule has 92 valence electrons. The summed E-state index contributed by atoms with van der Waals surface area (Å²) in [7, 11) is 0. The van der Waals surface area contributed by atoms with Crippen LogP contribution in [0.2, 0.25) is 0 Å². The van der Waals surface area contributed by atoms with Crippen LogP contribution in [-0.2, 0) is 9.53 Å². The fraction of sp³-hybridized carbons (Fsp3) is 0.917. The van der Waals surface area contributed by atoms with Gasteiger partial charge in [0.15, 0.2) is 0 Å². The second-order valence-electron chi connectivity index (χ2n) is 4.84. The third-order valence-electron chi connectivity index (χ3n) is 3.56. The van der Waals surface area contributed by atoms with Gasteiger partial charge in [-0.15, -0.1) is 0 Å². The Kier molecular flexibility index (Phi) is 4.18. The van der Waals surface area contributed by atoms with Crippen LogP contribution in [0.15, 0.2) is 0 Å². The number of carbonyl (C=O) groups is 1.